The Morgan fingerprint density at radius 3 is 2.69 bits per heavy atom. The molecular formula is C21H20N2O5S. The molecule has 2 N–H and O–H groups in total. The fraction of sp³-hybridized carbons (Fsp3) is 0.190. The van der Waals surface area contributed by atoms with Gasteiger partial charge in [-0.3, -0.25) is 19.3 Å². The molecule has 1 heterocycles. The van der Waals surface area contributed by atoms with Crippen molar-refractivity contribution in [3.05, 3.63) is 64.6 Å². The fourth-order valence-electron chi connectivity index (χ4n) is 2.73. The first-order valence-electron chi connectivity index (χ1n) is 8.90. The number of benzene rings is 2. The molecule has 3 rings (SSSR count). The number of ether oxygens (including phenoxy) is 1. The van der Waals surface area contributed by atoms with Gasteiger partial charge < -0.3 is 15.2 Å². The van der Waals surface area contributed by atoms with E-state index in [-0.39, 0.29) is 17.2 Å². The molecule has 1 aliphatic rings. The number of rotatable bonds is 7. The Hall–Kier alpha value is -3.26. The second-order valence-electron chi connectivity index (χ2n) is 6.31. The SMILES string of the molecule is COc1cccc(/C=C2\SC(=O)N(CC(=O)NCCc3ccc(O)cc3)C2=O)c1. The van der Waals surface area contributed by atoms with Gasteiger partial charge >= 0.3 is 0 Å². The number of thioether (sulfide) groups is 1. The van der Waals surface area contributed by atoms with E-state index in [4.69, 9.17) is 4.74 Å². The zero-order chi connectivity index (χ0) is 20.8. The third-order valence-electron chi connectivity index (χ3n) is 4.24. The molecule has 2 aromatic rings. The molecule has 0 unspecified atom stereocenters. The van der Waals surface area contributed by atoms with Crippen LogP contribution in [0.3, 0.4) is 0 Å². The van der Waals surface area contributed by atoms with Crippen LogP contribution in [-0.4, -0.2) is 47.3 Å². The molecule has 29 heavy (non-hydrogen) atoms. The molecular weight excluding hydrogens is 392 g/mol. The van der Waals surface area contributed by atoms with Gasteiger partial charge in [-0.25, -0.2) is 0 Å². The second-order valence-corrected chi connectivity index (χ2v) is 7.30. The van der Waals surface area contributed by atoms with Gasteiger partial charge in [0.2, 0.25) is 5.91 Å². The molecule has 150 valence electrons. The predicted molar refractivity (Wildman–Crippen MR) is 110 cm³/mol. The molecule has 0 radical (unpaired) electrons. The summed E-state index contributed by atoms with van der Waals surface area (Å²) in [6, 6.07) is 13.8. The van der Waals surface area contributed by atoms with Crippen LogP contribution in [-0.2, 0) is 16.0 Å². The average molecular weight is 412 g/mol. The van der Waals surface area contributed by atoms with E-state index in [0.717, 1.165) is 27.8 Å². The molecule has 3 amide bonds. The molecule has 2 aromatic carbocycles. The van der Waals surface area contributed by atoms with Crippen LogP contribution in [0, 0.1) is 0 Å². The number of hydrogen-bond donors (Lipinski definition) is 2. The summed E-state index contributed by atoms with van der Waals surface area (Å²) in [5, 5.41) is 11.5. The van der Waals surface area contributed by atoms with Crippen molar-refractivity contribution in [1.29, 1.82) is 0 Å². The van der Waals surface area contributed by atoms with Gasteiger partial charge in [-0.2, -0.15) is 0 Å². The fourth-order valence-corrected chi connectivity index (χ4v) is 3.57. The van der Waals surface area contributed by atoms with Crippen molar-refractivity contribution < 1.29 is 24.2 Å². The number of hydrogen-bond acceptors (Lipinski definition) is 6. The molecule has 7 nitrogen and oxygen atoms in total. The summed E-state index contributed by atoms with van der Waals surface area (Å²) in [5.41, 5.74) is 1.68. The van der Waals surface area contributed by atoms with Crippen molar-refractivity contribution in [1.82, 2.24) is 10.2 Å². The smallest absolute Gasteiger partial charge is 0.294 e. The Labute approximate surface area is 172 Å². The highest BCUT2D eigenvalue weighted by molar-refractivity contribution is 8.18. The zero-order valence-electron chi connectivity index (χ0n) is 15.8. The summed E-state index contributed by atoms with van der Waals surface area (Å²) in [6.07, 6.45) is 2.18. The number of methoxy groups -OCH3 is 1. The minimum atomic E-state index is -0.489. The summed E-state index contributed by atoms with van der Waals surface area (Å²) in [7, 11) is 1.55. The number of nitrogens with zero attached hydrogens (tertiary/aromatic N) is 1. The molecule has 8 heteroatoms. The van der Waals surface area contributed by atoms with Crippen molar-refractivity contribution >= 4 is 34.9 Å². The van der Waals surface area contributed by atoms with Crippen LogP contribution in [0.4, 0.5) is 4.79 Å². The summed E-state index contributed by atoms with van der Waals surface area (Å²) >= 11 is 0.808. The minimum Gasteiger partial charge on any atom is -0.508 e. The maximum absolute atomic E-state index is 12.5. The maximum atomic E-state index is 12.5. The van der Waals surface area contributed by atoms with Gasteiger partial charge in [0.05, 0.1) is 12.0 Å². The van der Waals surface area contributed by atoms with Crippen LogP contribution in [0.15, 0.2) is 53.4 Å². The van der Waals surface area contributed by atoms with Crippen molar-refractivity contribution in [2.45, 2.75) is 6.42 Å². The zero-order valence-corrected chi connectivity index (χ0v) is 16.6. The van der Waals surface area contributed by atoms with Gasteiger partial charge in [-0.15, -0.1) is 0 Å². The van der Waals surface area contributed by atoms with Crippen molar-refractivity contribution in [2.24, 2.45) is 0 Å². The van der Waals surface area contributed by atoms with E-state index in [0.29, 0.717) is 18.7 Å². The van der Waals surface area contributed by atoms with Crippen LogP contribution >= 0.6 is 11.8 Å². The number of phenolic OH excluding ortho intramolecular Hbond substituents is 1. The van der Waals surface area contributed by atoms with Gasteiger partial charge in [0.15, 0.2) is 0 Å². The van der Waals surface area contributed by atoms with E-state index in [1.54, 1.807) is 61.7 Å². The van der Waals surface area contributed by atoms with Crippen molar-refractivity contribution in [2.75, 3.05) is 20.2 Å². The summed E-state index contributed by atoms with van der Waals surface area (Å²) in [6.45, 7) is 0.0369. The number of nitrogens with one attached hydrogen (secondary N) is 1. The molecule has 0 aromatic heterocycles. The average Bonchev–Trinajstić information content (AvgIpc) is 2.97. The number of imide groups is 1. The lowest BCUT2D eigenvalue weighted by Crippen LogP contribution is -2.40. The first-order chi connectivity index (χ1) is 14.0. The maximum Gasteiger partial charge on any atom is 0.294 e. The Kier molecular flexibility index (Phi) is 6.56. The normalized spacial score (nSPS) is 15.1. The first kappa shape index (κ1) is 20.5. The lowest BCUT2D eigenvalue weighted by Gasteiger charge is -2.12. The van der Waals surface area contributed by atoms with Crippen LogP contribution in [0.25, 0.3) is 6.08 Å². The van der Waals surface area contributed by atoms with Crippen LogP contribution in [0.2, 0.25) is 0 Å². The van der Waals surface area contributed by atoms with E-state index in [1.165, 1.54) is 0 Å². The largest absolute Gasteiger partial charge is 0.508 e. The van der Waals surface area contributed by atoms with Gasteiger partial charge in [-0.1, -0.05) is 24.3 Å². The highest BCUT2D eigenvalue weighted by Gasteiger charge is 2.36. The summed E-state index contributed by atoms with van der Waals surface area (Å²) in [4.78, 5) is 38.0. The van der Waals surface area contributed by atoms with Crippen molar-refractivity contribution in [3.8, 4) is 11.5 Å². The quantitative estimate of drug-likeness (QED) is 0.679. The first-order valence-corrected chi connectivity index (χ1v) is 9.72. The monoisotopic (exact) mass is 412 g/mol. The third-order valence-corrected chi connectivity index (χ3v) is 5.15. The molecule has 1 fully saturated rings. The molecule has 0 bridgehead atoms. The number of aromatic hydroxyl groups is 1. The standard InChI is InChI=1S/C21H20N2O5S/c1-28-17-4-2-3-15(11-17)12-18-20(26)23(21(27)29-18)13-19(25)22-10-9-14-5-7-16(24)8-6-14/h2-8,11-12,24H,9-10,13H2,1H3,(H,22,25)/b18-12-. The molecule has 0 saturated carbocycles. The summed E-state index contributed by atoms with van der Waals surface area (Å²) in [5.74, 6) is -0.0738. The Morgan fingerprint density at radius 2 is 1.97 bits per heavy atom. The van der Waals surface area contributed by atoms with E-state index >= 15 is 0 Å². The molecule has 0 spiro atoms. The van der Waals surface area contributed by atoms with Crippen LogP contribution in [0.1, 0.15) is 11.1 Å². The molecule has 1 saturated heterocycles. The predicted octanol–water partition coefficient (Wildman–Crippen LogP) is 2.80. The van der Waals surface area contributed by atoms with E-state index in [2.05, 4.69) is 5.32 Å². The highest BCUT2D eigenvalue weighted by atomic mass is 32.2. The molecule has 0 atom stereocenters. The highest BCUT2D eigenvalue weighted by Crippen LogP contribution is 2.32. The van der Waals surface area contributed by atoms with Crippen LogP contribution in [0.5, 0.6) is 11.5 Å². The Morgan fingerprint density at radius 1 is 1.21 bits per heavy atom. The van der Waals surface area contributed by atoms with E-state index in [1.807, 2.05) is 0 Å². The number of carbonyl (C=O) groups is 3. The minimum absolute atomic E-state index is 0.180. The number of phenols is 1. The van der Waals surface area contributed by atoms with Crippen molar-refractivity contribution in [3.63, 3.8) is 0 Å². The Balaban J connectivity index is 1.55. The van der Waals surface area contributed by atoms with Gasteiger partial charge in [-0.05, 0) is 59.7 Å². The lowest BCUT2D eigenvalue weighted by molar-refractivity contribution is -0.129. The lowest BCUT2D eigenvalue weighted by atomic mass is 10.1. The number of amides is 3. The molecule has 1 aliphatic heterocycles. The third kappa shape index (κ3) is 5.39. The second kappa shape index (κ2) is 9.29. The van der Waals surface area contributed by atoms with Gasteiger partial charge in [0.1, 0.15) is 18.0 Å². The van der Waals surface area contributed by atoms with E-state index in [9.17, 15) is 19.5 Å². The molecule has 0 aliphatic carbocycles. The van der Waals surface area contributed by atoms with Gasteiger partial charge in [0, 0.05) is 6.54 Å². The summed E-state index contributed by atoms with van der Waals surface area (Å²) < 4.78 is 5.15. The Bertz CT molecular complexity index is 956. The topological polar surface area (TPSA) is 95.9 Å². The number of carbonyl (C=O) groups excluding carboxylic acids is 3. The van der Waals surface area contributed by atoms with Crippen LogP contribution < -0.4 is 10.1 Å². The van der Waals surface area contributed by atoms with Gasteiger partial charge in [0.25, 0.3) is 11.1 Å². The van der Waals surface area contributed by atoms with E-state index < -0.39 is 17.1 Å².